The second kappa shape index (κ2) is 8.05. The van der Waals surface area contributed by atoms with Crippen LogP contribution in [0.1, 0.15) is 18.4 Å². The average molecular weight is 342 g/mol. The molecule has 1 unspecified atom stereocenters. The smallest absolute Gasteiger partial charge is 0.387 e. The molecule has 1 fully saturated rings. The number of nitrogens with one attached hydrogen (secondary N) is 1. The number of ether oxygens (including phenoxy) is 1. The van der Waals surface area contributed by atoms with Gasteiger partial charge in [-0.1, -0.05) is 6.07 Å². The lowest BCUT2D eigenvalue weighted by Crippen LogP contribution is -2.42. The van der Waals surface area contributed by atoms with Gasteiger partial charge in [0.25, 0.3) is 0 Å². The number of carboxylic acids is 1. The Labute approximate surface area is 138 Å². The highest BCUT2D eigenvalue weighted by atomic mass is 19.3. The van der Waals surface area contributed by atoms with Gasteiger partial charge in [0.1, 0.15) is 5.75 Å². The Balaban J connectivity index is 1.99. The summed E-state index contributed by atoms with van der Waals surface area (Å²) in [5.41, 5.74) is 0.961. The van der Waals surface area contributed by atoms with Crippen LogP contribution in [-0.2, 0) is 9.59 Å². The molecule has 24 heavy (non-hydrogen) atoms. The van der Waals surface area contributed by atoms with Gasteiger partial charge in [0.2, 0.25) is 5.91 Å². The first-order valence-electron chi connectivity index (χ1n) is 7.65. The third kappa shape index (κ3) is 5.16. The molecule has 0 radical (unpaired) electrons. The summed E-state index contributed by atoms with van der Waals surface area (Å²) in [6.07, 6.45) is 1.30. The highest BCUT2D eigenvalue weighted by molar-refractivity contribution is 5.93. The van der Waals surface area contributed by atoms with Crippen LogP contribution in [0.25, 0.3) is 0 Å². The van der Waals surface area contributed by atoms with Crippen LogP contribution in [0.3, 0.4) is 0 Å². The number of amides is 1. The predicted molar refractivity (Wildman–Crippen MR) is 83.2 cm³/mol. The molecule has 2 rings (SSSR count). The second-order valence-corrected chi connectivity index (χ2v) is 5.84. The van der Waals surface area contributed by atoms with Crippen LogP contribution in [0, 0.1) is 12.8 Å². The Hall–Kier alpha value is -2.22. The molecule has 0 aliphatic carbocycles. The Kier molecular flexibility index (Phi) is 6.08. The topological polar surface area (TPSA) is 78.9 Å². The summed E-state index contributed by atoms with van der Waals surface area (Å²) in [5.74, 6) is -1.86. The number of alkyl halides is 2. The number of carbonyl (C=O) groups excluding carboxylic acids is 1. The largest absolute Gasteiger partial charge is 0.481 e. The molecule has 6 nitrogen and oxygen atoms in total. The Bertz CT molecular complexity index is 610. The van der Waals surface area contributed by atoms with E-state index in [2.05, 4.69) is 10.1 Å². The van der Waals surface area contributed by atoms with Crippen molar-refractivity contribution in [1.82, 2.24) is 4.90 Å². The zero-order valence-corrected chi connectivity index (χ0v) is 13.3. The molecule has 0 spiro atoms. The van der Waals surface area contributed by atoms with E-state index in [0.717, 1.165) is 5.56 Å². The molecular weight excluding hydrogens is 322 g/mol. The van der Waals surface area contributed by atoms with E-state index < -0.39 is 24.4 Å². The second-order valence-electron chi connectivity index (χ2n) is 5.84. The summed E-state index contributed by atoms with van der Waals surface area (Å²) >= 11 is 0. The number of rotatable bonds is 6. The molecule has 1 amide bonds. The van der Waals surface area contributed by atoms with Gasteiger partial charge in [0, 0.05) is 6.54 Å². The molecule has 1 heterocycles. The fourth-order valence-electron chi connectivity index (χ4n) is 2.73. The molecule has 1 aliphatic heterocycles. The van der Waals surface area contributed by atoms with E-state index in [0.29, 0.717) is 25.9 Å². The maximum Gasteiger partial charge on any atom is 0.387 e. The van der Waals surface area contributed by atoms with E-state index in [9.17, 15) is 18.4 Å². The van der Waals surface area contributed by atoms with Crippen molar-refractivity contribution in [1.29, 1.82) is 0 Å². The number of halogens is 2. The van der Waals surface area contributed by atoms with Crippen LogP contribution < -0.4 is 10.1 Å². The number of carboxylic acid groups (broad SMARTS) is 1. The minimum atomic E-state index is -2.98. The number of carbonyl (C=O) groups is 2. The summed E-state index contributed by atoms with van der Waals surface area (Å²) in [6.45, 7) is -0.278. The van der Waals surface area contributed by atoms with Crippen molar-refractivity contribution >= 4 is 17.6 Å². The molecule has 1 aromatic carbocycles. The van der Waals surface area contributed by atoms with Crippen molar-refractivity contribution in [2.75, 3.05) is 25.0 Å². The molecule has 0 saturated carbocycles. The van der Waals surface area contributed by atoms with Crippen molar-refractivity contribution in [3.05, 3.63) is 23.8 Å². The van der Waals surface area contributed by atoms with Crippen molar-refractivity contribution in [3.63, 3.8) is 0 Å². The maximum atomic E-state index is 12.4. The predicted octanol–water partition coefficient (Wildman–Crippen LogP) is 2.33. The highest BCUT2D eigenvalue weighted by Crippen LogP contribution is 2.27. The molecular formula is C16H20F2N2O4. The van der Waals surface area contributed by atoms with Crippen LogP contribution in [0.15, 0.2) is 18.2 Å². The summed E-state index contributed by atoms with van der Waals surface area (Å²) in [6, 6.07) is 4.53. The summed E-state index contributed by atoms with van der Waals surface area (Å²) in [7, 11) is 0. The summed E-state index contributed by atoms with van der Waals surface area (Å²) in [5, 5.41) is 11.6. The molecule has 0 bridgehead atoms. The van der Waals surface area contributed by atoms with Crippen molar-refractivity contribution < 1.29 is 28.2 Å². The molecule has 132 valence electrons. The molecule has 1 saturated heterocycles. The Morgan fingerprint density at radius 2 is 2.21 bits per heavy atom. The number of aliphatic carboxylic acids is 1. The lowest BCUT2D eigenvalue weighted by atomic mass is 9.98. The highest BCUT2D eigenvalue weighted by Gasteiger charge is 2.26. The van der Waals surface area contributed by atoms with Crippen molar-refractivity contribution in [2.24, 2.45) is 5.92 Å². The van der Waals surface area contributed by atoms with E-state index in [4.69, 9.17) is 5.11 Å². The lowest BCUT2D eigenvalue weighted by molar-refractivity contribution is -0.144. The minimum Gasteiger partial charge on any atom is -0.481 e. The third-order valence-electron chi connectivity index (χ3n) is 3.85. The Morgan fingerprint density at radius 3 is 2.88 bits per heavy atom. The molecule has 0 aromatic heterocycles. The zero-order valence-electron chi connectivity index (χ0n) is 13.3. The standard InChI is InChI=1S/C16H20F2N2O4/c1-10-4-5-13(24-16(17)18)12(7-10)19-14(21)9-20-6-2-3-11(8-20)15(22)23/h4-5,7,11,16H,2-3,6,8-9H2,1H3,(H,19,21)(H,22,23). The van der Waals surface area contributed by atoms with Gasteiger partial charge in [0.05, 0.1) is 18.2 Å². The van der Waals surface area contributed by atoms with Gasteiger partial charge in [-0.2, -0.15) is 8.78 Å². The fourth-order valence-corrected chi connectivity index (χ4v) is 2.73. The number of anilines is 1. The van der Waals surface area contributed by atoms with E-state index in [1.165, 1.54) is 6.07 Å². The van der Waals surface area contributed by atoms with Gasteiger partial charge < -0.3 is 15.2 Å². The van der Waals surface area contributed by atoms with Crippen LogP contribution >= 0.6 is 0 Å². The van der Waals surface area contributed by atoms with Crippen molar-refractivity contribution in [2.45, 2.75) is 26.4 Å². The lowest BCUT2D eigenvalue weighted by Gasteiger charge is -2.30. The van der Waals surface area contributed by atoms with Crippen LogP contribution in [0.4, 0.5) is 14.5 Å². The Morgan fingerprint density at radius 1 is 1.46 bits per heavy atom. The number of aryl methyl sites for hydroxylation is 1. The molecule has 8 heteroatoms. The summed E-state index contributed by atoms with van der Waals surface area (Å²) in [4.78, 5) is 25.0. The minimum absolute atomic E-state index is 0.00579. The monoisotopic (exact) mass is 342 g/mol. The van der Waals surface area contributed by atoms with Gasteiger partial charge in [0.15, 0.2) is 0 Å². The fraction of sp³-hybridized carbons (Fsp3) is 0.500. The number of likely N-dealkylation sites (tertiary alicyclic amines) is 1. The van der Waals surface area contributed by atoms with Gasteiger partial charge in [-0.15, -0.1) is 0 Å². The number of hydrogen-bond acceptors (Lipinski definition) is 4. The maximum absolute atomic E-state index is 12.4. The van der Waals surface area contributed by atoms with Crippen LogP contribution in [-0.4, -0.2) is 48.1 Å². The van der Waals surface area contributed by atoms with E-state index in [-0.39, 0.29) is 18.0 Å². The first kappa shape index (κ1) is 18.1. The summed E-state index contributed by atoms with van der Waals surface area (Å²) < 4.78 is 29.3. The van der Waals surface area contributed by atoms with Gasteiger partial charge in [-0.3, -0.25) is 14.5 Å². The molecule has 2 N–H and O–H groups in total. The zero-order chi connectivity index (χ0) is 17.7. The van der Waals surface area contributed by atoms with E-state index in [1.807, 2.05) is 0 Å². The first-order valence-corrected chi connectivity index (χ1v) is 7.65. The first-order chi connectivity index (χ1) is 11.3. The number of benzene rings is 1. The quantitative estimate of drug-likeness (QED) is 0.830. The van der Waals surface area contributed by atoms with Gasteiger partial charge >= 0.3 is 12.6 Å². The average Bonchev–Trinajstić information content (AvgIpc) is 2.49. The van der Waals surface area contributed by atoms with E-state index >= 15 is 0 Å². The third-order valence-corrected chi connectivity index (χ3v) is 3.85. The number of nitrogens with zero attached hydrogens (tertiary/aromatic N) is 1. The van der Waals surface area contributed by atoms with Crippen LogP contribution in [0.2, 0.25) is 0 Å². The number of piperidine rings is 1. The molecule has 1 aliphatic rings. The van der Waals surface area contributed by atoms with Gasteiger partial charge in [-0.05, 0) is 44.0 Å². The number of hydrogen-bond donors (Lipinski definition) is 2. The van der Waals surface area contributed by atoms with Crippen LogP contribution in [0.5, 0.6) is 5.75 Å². The normalized spacial score (nSPS) is 18.4. The SMILES string of the molecule is Cc1ccc(OC(F)F)c(NC(=O)CN2CCCC(C(=O)O)C2)c1. The van der Waals surface area contributed by atoms with Crippen molar-refractivity contribution in [3.8, 4) is 5.75 Å². The van der Waals surface area contributed by atoms with Gasteiger partial charge in [-0.25, -0.2) is 0 Å². The molecule has 1 atom stereocenters. The van der Waals surface area contributed by atoms with E-state index in [1.54, 1.807) is 24.0 Å². The molecule has 1 aromatic rings.